The summed E-state index contributed by atoms with van der Waals surface area (Å²) in [6.07, 6.45) is 8.78. The maximum absolute atomic E-state index is 10.9. The standard InChI is InChI=1S/C24H35N3O/c1-18-9-10-22-21(15-18)20-7-6-8-23-24(20)27(22)14-13-26(23)17-19(28)16-25-11-4-2-3-5-12-25/h9-10,15,19,23,28H,2-8,11-14,16-17H2,1H3/t19-,23+/m0/s1. The average molecular weight is 382 g/mol. The summed E-state index contributed by atoms with van der Waals surface area (Å²) in [5.74, 6) is 0. The molecule has 1 aromatic heterocycles. The van der Waals surface area contributed by atoms with E-state index >= 15 is 0 Å². The van der Waals surface area contributed by atoms with Crippen molar-refractivity contribution in [1.82, 2.24) is 14.4 Å². The van der Waals surface area contributed by atoms with Crippen molar-refractivity contribution in [3.63, 3.8) is 0 Å². The van der Waals surface area contributed by atoms with Gasteiger partial charge in [0.15, 0.2) is 0 Å². The summed E-state index contributed by atoms with van der Waals surface area (Å²) in [5, 5.41) is 12.4. The fraction of sp³-hybridized carbons (Fsp3) is 0.667. The lowest BCUT2D eigenvalue weighted by Crippen LogP contribution is -2.46. The van der Waals surface area contributed by atoms with Gasteiger partial charge in [0.25, 0.3) is 0 Å². The molecule has 3 aliphatic rings. The normalized spacial score (nSPS) is 24.9. The van der Waals surface area contributed by atoms with Crippen molar-refractivity contribution < 1.29 is 5.11 Å². The van der Waals surface area contributed by atoms with Crippen LogP contribution in [0.15, 0.2) is 18.2 Å². The predicted molar refractivity (Wildman–Crippen MR) is 115 cm³/mol. The molecule has 28 heavy (non-hydrogen) atoms. The van der Waals surface area contributed by atoms with Gasteiger partial charge in [0, 0.05) is 42.8 Å². The second-order valence-corrected chi connectivity index (χ2v) is 9.31. The monoisotopic (exact) mass is 381 g/mol. The van der Waals surface area contributed by atoms with Crippen LogP contribution in [-0.2, 0) is 13.0 Å². The molecule has 4 nitrogen and oxygen atoms in total. The van der Waals surface area contributed by atoms with Crippen molar-refractivity contribution in [2.45, 2.75) is 70.6 Å². The molecule has 1 fully saturated rings. The molecule has 5 rings (SSSR count). The highest BCUT2D eigenvalue weighted by atomic mass is 16.3. The minimum absolute atomic E-state index is 0.235. The van der Waals surface area contributed by atoms with Crippen LogP contribution in [0.3, 0.4) is 0 Å². The number of aryl methyl sites for hydroxylation is 2. The quantitative estimate of drug-likeness (QED) is 0.872. The van der Waals surface area contributed by atoms with E-state index in [1.807, 2.05) is 0 Å². The highest BCUT2D eigenvalue weighted by Gasteiger charge is 2.35. The van der Waals surface area contributed by atoms with E-state index in [-0.39, 0.29) is 6.10 Å². The van der Waals surface area contributed by atoms with E-state index in [2.05, 4.69) is 39.5 Å². The molecular weight excluding hydrogens is 346 g/mol. The number of hydrogen-bond donors (Lipinski definition) is 1. The van der Waals surface area contributed by atoms with Gasteiger partial charge in [0.1, 0.15) is 0 Å². The van der Waals surface area contributed by atoms with Crippen LogP contribution < -0.4 is 0 Å². The Labute approximate surface area is 169 Å². The maximum atomic E-state index is 10.9. The second-order valence-electron chi connectivity index (χ2n) is 9.31. The highest BCUT2D eigenvalue weighted by Crippen LogP contribution is 2.42. The zero-order valence-electron chi connectivity index (χ0n) is 17.4. The lowest BCUT2D eigenvalue weighted by molar-refractivity contribution is 0.0426. The summed E-state index contributed by atoms with van der Waals surface area (Å²) in [6.45, 7) is 8.32. The molecule has 1 N–H and O–H groups in total. The van der Waals surface area contributed by atoms with Crippen LogP contribution in [-0.4, -0.2) is 58.3 Å². The van der Waals surface area contributed by atoms with Crippen molar-refractivity contribution in [2.24, 2.45) is 0 Å². The number of aliphatic hydroxyl groups excluding tert-OH is 1. The molecule has 2 aromatic rings. The van der Waals surface area contributed by atoms with Gasteiger partial charge in [-0.15, -0.1) is 0 Å². The molecule has 2 aliphatic heterocycles. The van der Waals surface area contributed by atoms with E-state index in [0.717, 1.165) is 39.3 Å². The molecule has 1 aliphatic carbocycles. The van der Waals surface area contributed by atoms with Gasteiger partial charge < -0.3 is 14.6 Å². The molecule has 0 bridgehead atoms. The van der Waals surface area contributed by atoms with Crippen LogP contribution in [0.1, 0.15) is 61.4 Å². The first-order chi connectivity index (χ1) is 13.7. The fourth-order valence-electron chi connectivity index (χ4n) is 5.95. The van der Waals surface area contributed by atoms with Crippen LogP contribution in [0.2, 0.25) is 0 Å². The SMILES string of the molecule is Cc1ccc2c(c1)c1c3n2CCN(C[C@@H](O)CN2CCCCCC2)[C@@H]3CCC1. The van der Waals surface area contributed by atoms with E-state index in [0.29, 0.717) is 6.04 Å². The van der Waals surface area contributed by atoms with Gasteiger partial charge in [-0.2, -0.15) is 0 Å². The molecular formula is C24H35N3O. The molecule has 3 heterocycles. The Kier molecular flexibility index (Phi) is 5.20. The molecule has 0 radical (unpaired) electrons. The third kappa shape index (κ3) is 3.40. The minimum atomic E-state index is -0.235. The lowest BCUT2D eigenvalue weighted by atomic mass is 9.89. The van der Waals surface area contributed by atoms with E-state index in [9.17, 15) is 5.11 Å². The molecule has 0 amide bonds. The molecule has 0 saturated carbocycles. The number of hydrogen-bond acceptors (Lipinski definition) is 3. The van der Waals surface area contributed by atoms with Gasteiger partial charge in [-0.3, -0.25) is 4.90 Å². The Balaban J connectivity index is 1.35. The Morgan fingerprint density at radius 2 is 1.82 bits per heavy atom. The molecule has 152 valence electrons. The second kappa shape index (κ2) is 7.81. The number of fused-ring (bicyclic) bond motifs is 3. The number of rotatable bonds is 4. The van der Waals surface area contributed by atoms with Crippen LogP contribution in [0.25, 0.3) is 10.9 Å². The first-order valence-corrected chi connectivity index (χ1v) is 11.5. The van der Waals surface area contributed by atoms with Gasteiger partial charge in [0.05, 0.1) is 12.1 Å². The van der Waals surface area contributed by atoms with Crippen molar-refractivity contribution in [3.05, 3.63) is 35.0 Å². The fourth-order valence-corrected chi connectivity index (χ4v) is 5.95. The van der Waals surface area contributed by atoms with Gasteiger partial charge in [-0.1, -0.05) is 24.5 Å². The van der Waals surface area contributed by atoms with Crippen molar-refractivity contribution in [1.29, 1.82) is 0 Å². The van der Waals surface area contributed by atoms with E-state index < -0.39 is 0 Å². The summed E-state index contributed by atoms with van der Waals surface area (Å²) >= 11 is 0. The summed E-state index contributed by atoms with van der Waals surface area (Å²) in [5.41, 5.74) is 5.92. The summed E-state index contributed by atoms with van der Waals surface area (Å²) in [7, 11) is 0. The van der Waals surface area contributed by atoms with Gasteiger partial charge >= 0.3 is 0 Å². The van der Waals surface area contributed by atoms with E-state index in [4.69, 9.17) is 0 Å². The third-order valence-electron chi connectivity index (χ3n) is 7.25. The summed E-state index contributed by atoms with van der Waals surface area (Å²) in [4.78, 5) is 5.08. The summed E-state index contributed by atoms with van der Waals surface area (Å²) < 4.78 is 2.59. The number of nitrogens with zero attached hydrogens (tertiary/aromatic N) is 3. The number of benzene rings is 1. The first-order valence-electron chi connectivity index (χ1n) is 11.5. The van der Waals surface area contributed by atoms with Crippen LogP contribution in [0.5, 0.6) is 0 Å². The number of β-amino-alcohol motifs (C(OH)–C–C–N with tert-alkyl or cyclic N) is 1. The maximum Gasteiger partial charge on any atom is 0.0794 e. The zero-order chi connectivity index (χ0) is 19.1. The van der Waals surface area contributed by atoms with Crippen LogP contribution in [0.4, 0.5) is 0 Å². The minimum Gasteiger partial charge on any atom is -0.390 e. The molecule has 4 heteroatoms. The Morgan fingerprint density at radius 3 is 2.64 bits per heavy atom. The average Bonchev–Trinajstić information content (AvgIpc) is 2.83. The van der Waals surface area contributed by atoms with E-state index in [1.54, 1.807) is 11.3 Å². The largest absolute Gasteiger partial charge is 0.390 e. The third-order valence-corrected chi connectivity index (χ3v) is 7.25. The van der Waals surface area contributed by atoms with Crippen molar-refractivity contribution in [2.75, 3.05) is 32.7 Å². The number of aliphatic hydroxyl groups is 1. The van der Waals surface area contributed by atoms with Crippen LogP contribution in [0, 0.1) is 6.92 Å². The topological polar surface area (TPSA) is 31.6 Å². The zero-order valence-corrected chi connectivity index (χ0v) is 17.4. The van der Waals surface area contributed by atoms with Crippen molar-refractivity contribution >= 4 is 10.9 Å². The molecule has 0 spiro atoms. The summed E-state index contributed by atoms with van der Waals surface area (Å²) in [6, 6.07) is 7.45. The highest BCUT2D eigenvalue weighted by molar-refractivity contribution is 5.87. The first kappa shape index (κ1) is 18.7. The Morgan fingerprint density at radius 1 is 1.00 bits per heavy atom. The molecule has 1 aromatic carbocycles. The van der Waals surface area contributed by atoms with Gasteiger partial charge in [0.2, 0.25) is 0 Å². The smallest absolute Gasteiger partial charge is 0.0794 e. The van der Waals surface area contributed by atoms with Crippen molar-refractivity contribution in [3.8, 4) is 0 Å². The Hall–Kier alpha value is -1.36. The van der Waals surface area contributed by atoms with E-state index in [1.165, 1.54) is 61.4 Å². The number of aromatic nitrogens is 1. The number of likely N-dealkylation sites (tertiary alicyclic amines) is 1. The Bertz CT molecular complexity index is 834. The molecule has 2 atom stereocenters. The molecule has 0 unspecified atom stereocenters. The van der Waals surface area contributed by atoms with Crippen LogP contribution >= 0.6 is 0 Å². The molecule has 1 saturated heterocycles. The predicted octanol–water partition coefficient (Wildman–Crippen LogP) is 3.88. The lowest BCUT2D eigenvalue weighted by Gasteiger charge is -2.41. The van der Waals surface area contributed by atoms with Gasteiger partial charge in [-0.25, -0.2) is 0 Å². The van der Waals surface area contributed by atoms with Gasteiger partial charge in [-0.05, 0) is 69.8 Å².